The molecule has 0 saturated carbocycles. The number of piperazine rings is 1. The molecule has 1 fully saturated rings. The molecule has 0 N–H and O–H groups in total. The van der Waals surface area contributed by atoms with Crippen LogP contribution in [0.5, 0.6) is 5.75 Å². The summed E-state index contributed by atoms with van der Waals surface area (Å²) < 4.78 is 45.3. The monoisotopic (exact) mass is 471 g/mol. The highest BCUT2D eigenvalue weighted by Crippen LogP contribution is 2.29. The van der Waals surface area contributed by atoms with Gasteiger partial charge in [0.25, 0.3) is 5.91 Å². The number of hydrogen-bond donors (Lipinski definition) is 0. The molecule has 0 spiro atoms. The molecule has 0 aliphatic carbocycles. The number of carbonyl (C=O) groups excluding carboxylic acids is 1. The zero-order valence-electron chi connectivity index (χ0n) is 16.5. The van der Waals surface area contributed by atoms with Gasteiger partial charge in [0, 0.05) is 37.8 Å². The molecule has 2 aromatic carbocycles. The van der Waals surface area contributed by atoms with Crippen LogP contribution in [0.2, 0.25) is 5.02 Å². The van der Waals surface area contributed by atoms with Crippen molar-refractivity contribution in [3.05, 3.63) is 62.9 Å². The lowest BCUT2D eigenvalue weighted by molar-refractivity contribution is -0.385. The molecule has 1 aliphatic rings. The van der Waals surface area contributed by atoms with E-state index in [1.165, 1.54) is 21.3 Å². The van der Waals surface area contributed by atoms with Gasteiger partial charge < -0.3 is 9.64 Å². The number of ether oxygens (including phenoxy) is 1. The molecule has 12 heteroatoms. The summed E-state index contributed by atoms with van der Waals surface area (Å²) in [7, 11) is -3.91. The highest BCUT2D eigenvalue weighted by Gasteiger charge is 2.31. The van der Waals surface area contributed by atoms with Crippen molar-refractivity contribution in [2.75, 3.05) is 32.8 Å². The molecule has 1 heterocycles. The maximum Gasteiger partial charge on any atom is 0.311 e. The highest BCUT2D eigenvalue weighted by atomic mass is 35.5. The number of nitro groups is 1. The molecule has 0 aromatic heterocycles. The molecule has 0 radical (unpaired) electrons. The van der Waals surface area contributed by atoms with Crippen molar-refractivity contribution in [2.24, 2.45) is 0 Å². The largest absolute Gasteiger partial charge is 0.487 e. The number of nitrogens with zero attached hydrogens (tertiary/aromatic N) is 3. The molecule has 2 aromatic rings. The Kier molecular flexibility index (Phi) is 6.77. The second kappa shape index (κ2) is 9.16. The Balaban J connectivity index is 1.73. The van der Waals surface area contributed by atoms with Crippen molar-refractivity contribution in [1.82, 2.24) is 9.21 Å². The third kappa shape index (κ3) is 4.78. The number of hydrogen-bond acceptors (Lipinski definition) is 6. The fourth-order valence-corrected chi connectivity index (χ4v) is 4.87. The van der Waals surface area contributed by atoms with E-state index in [1.54, 1.807) is 6.92 Å². The van der Waals surface area contributed by atoms with E-state index in [0.29, 0.717) is 0 Å². The van der Waals surface area contributed by atoms with E-state index in [-0.39, 0.29) is 59.7 Å². The lowest BCUT2D eigenvalue weighted by Crippen LogP contribution is -2.50. The van der Waals surface area contributed by atoms with Gasteiger partial charge in [0.1, 0.15) is 5.82 Å². The first-order chi connectivity index (χ1) is 14.6. The molecule has 31 heavy (non-hydrogen) atoms. The quantitative estimate of drug-likeness (QED) is 0.473. The number of amides is 1. The van der Waals surface area contributed by atoms with Crippen molar-refractivity contribution in [1.29, 1.82) is 0 Å². The average molecular weight is 472 g/mol. The second-order valence-electron chi connectivity index (χ2n) is 6.64. The Bertz CT molecular complexity index is 1120. The van der Waals surface area contributed by atoms with Crippen LogP contribution in [0.4, 0.5) is 10.1 Å². The van der Waals surface area contributed by atoms with Crippen molar-refractivity contribution in [2.45, 2.75) is 11.8 Å². The molecule has 9 nitrogen and oxygen atoms in total. The predicted molar refractivity (Wildman–Crippen MR) is 110 cm³/mol. The smallest absolute Gasteiger partial charge is 0.311 e. The minimum atomic E-state index is -3.91. The number of rotatable bonds is 6. The Morgan fingerprint density at radius 3 is 2.45 bits per heavy atom. The third-order valence-electron chi connectivity index (χ3n) is 4.76. The maximum atomic E-state index is 13.3. The fourth-order valence-electron chi connectivity index (χ4n) is 3.17. The maximum absolute atomic E-state index is 13.3. The molecular formula is C19H19ClFN3O6S. The molecule has 0 unspecified atom stereocenters. The van der Waals surface area contributed by atoms with E-state index in [4.69, 9.17) is 16.3 Å². The van der Waals surface area contributed by atoms with Gasteiger partial charge in [-0.1, -0.05) is 11.6 Å². The number of benzene rings is 2. The first-order valence-corrected chi connectivity index (χ1v) is 11.1. The van der Waals surface area contributed by atoms with Crippen LogP contribution in [0.1, 0.15) is 17.3 Å². The standard InChI is InChI=1S/C19H19ClFN3O6S/c1-2-30-18-6-3-13(11-17(18)24(26)27)19(25)22-7-9-23(10-8-22)31(28,29)14-4-5-16(21)15(20)12-14/h3-6,11-12H,2,7-10H2,1H3. The van der Waals surface area contributed by atoms with Crippen molar-refractivity contribution >= 4 is 33.2 Å². The summed E-state index contributed by atoms with van der Waals surface area (Å²) >= 11 is 5.69. The topological polar surface area (TPSA) is 110 Å². The zero-order valence-corrected chi connectivity index (χ0v) is 18.0. The lowest BCUT2D eigenvalue weighted by atomic mass is 10.1. The van der Waals surface area contributed by atoms with Gasteiger partial charge in [-0.05, 0) is 37.3 Å². The first-order valence-electron chi connectivity index (χ1n) is 9.31. The minimum absolute atomic E-state index is 0.0161. The Morgan fingerprint density at radius 2 is 1.87 bits per heavy atom. The van der Waals surface area contributed by atoms with Crippen LogP contribution in [0.15, 0.2) is 41.3 Å². The summed E-state index contributed by atoms with van der Waals surface area (Å²) in [5, 5.41) is 11.0. The second-order valence-corrected chi connectivity index (χ2v) is 8.99. The summed E-state index contributed by atoms with van der Waals surface area (Å²) in [6.45, 7) is 2.15. The van der Waals surface area contributed by atoms with Crippen molar-refractivity contribution < 1.29 is 27.3 Å². The van der Waals surface area contributed by atoms with Crippen molar-refractivity contribution in [3.8, 4) is 5.75 Å². The molecule has 0 atom stereocenters. The number of nitro benzene ring substituents is 1. The summed E-state index contributed by atoms with van der Waals surface area (Å²) in [4.78, 5) is 24.7. The van der Waals surface area contributed by atoms with E-state index in [0.717, 1.165) is 24.3 Å². The van der Waals surface area contributed by atoms with Gasteiger partial charge in [-0.2, -0.15) is 4.31 Å². The molecule has 1 aliphatic heterocycles. The molecular weight excluding hydrogens is 453 g/mol. The minimum Gasteiger partial charge on any atom is -0.487 e. The van der Waals surface area contributed by atoms with Crippen LogP contribution in [0.25, 0.3) is 0 Å². The Hall–Kier alpha value is -2.76. The molecule has 166 valence electrons. The van der Waals surface area contributed by atoms with Crippen molar-refractivity contribution in [3.63, 3.8) is 0 Å². The van der Waals surface area contributed by atoms with E-state index in [2.05, 4.69) is 0 Å². The van der Waals surface area contributed by atoms with Gasteiger partial charge in [-0.25, -0.2) is 12.8 Å². The van der Waals surface area contributed by atoms with Gasteiger partial charge in [0.15, 0.2) is 5.75 Å². The molecule has 3 rings (SSSR count). The number of carbonyl (C=O) groups is 1. The summed E-state index contributed by atoms with van der Waals surface area (Å²) in [6, 6.07) is 7.11. The Morgan fingerprint density at radius 1 is 1.19 bits per heavy atom. The van der Waals surface area contributed by atoms with Gasteiger partial charge in [-0.15, -0.1) is 0 Å². The summed E-state index contributed by atoms with van der Waals surface area (Å²) in [6.07, 6.45) is 0. The van der Waals surface area contributed by atoms with Crippen LogP contribution < -0.4 is 4.74 Å². The normalized spacial score (nSPS) is 15.0. The van der Waals surface area contributed by atoms with Crippen LogP contribution in [0, 0.1) is 15.9 Å². The van der Waals surface area contributed by atoms with Crippen LogP contribution in [-0.2, 0) is 10.0 Å². The lowest BCUT2D eigenvalue weighted by Gasteiger charge is -2.34. The molecule has 1 saturated heterocycles. The SMILES string of the molecule is CCOc1ccc(C(=O)N2CCN(S(=O)(=O)c3ccc(F)c(Cl)c3)CC2)cc1[N+](=O)[O-]. The first kappa shape index (κ1) is 22.9. The highest BCUT2D eigenvalue weighted by molar-refractivity contribution is 7.89. The summed E-state index contributed by atoms with van der Waals surface area (Å²) in [5.41, 5.74) is -0.209. The third-order valence-corrected chi connectivity index (χ3v) is 6.94. The van der Waals surface area contributed by atoms with E-state index in [9.17, 15) is 27.7 Å². The zero-order chi connectivity index (χ0) is 22.8. The number of sulfonamides is 1. The van der Waals surface area contributed by atoms with Gasteiger partial charge in [0.05, 0.1) is 21.4 Å². The van der Waals surface area contributed by atoms with Crippen LogP contribution in [0.3, 0.4) is 0 Å². The fraction of sp³-hybridized carbons (Fsp3) is 0.316. The number of halogens is 2. The van der Waals surface area contributed by atoms with Crippen LogP contribution in [-0.4, -0.2) is 61.2 Å². The van der Waals surface area contributed by atoms with Crippen LogP contribution >= 0.6 is 11.6 Å². The molecule has 1 amide bonds. The van der Waals surface area contributed by atoms with Gasteiger partial charge in [-0.3, -0.25) is 14.9 Å². The average Bonchev–Trinajstić information content (AvgIpc) is 2.75. The van der Waals surface area contributed by atoms with Gasteiger partial charge in [0.2, 0.25) is 10.0 Å². The Labute approximate surface area is 183 Å². The van der Waals surface area contributed by atoms with E-state index >= 15 is 0 Å². The summed E-state index contributed by atoms with van der Waals surface area (Å²) in [5.74, 6) is -1.11. The van der Waals surface area contributed by atoms with E-state index in [1.807, 2.05) is 0 Å². The van der Waals surface area contributed by atoms with Gasteiger partial charge >= 0.3 is 5.69 Å². The molecule has 0 bridgehead atoms. The predicted octanol–water partition coefficient (Wildman–Crippen LogP) is 2.93. The van der Waals surface area contributed by atoms with E-state index < -0.39 is 26.7 Å².